The molecule has 1 amide bonds. The number of thiophene rings is 1. The summed E-state index contributed by atoms with van der Waals surface area (Å²) in [7, 11) is 0. The number of carbonyl (C=O) groups excluding carboxylic acids is 1. The van der Waals surface area contributed by atoms with Crippen LogP contribution in [0.25, 0.3) is 0 Å². The first-order valence-corrected chi connectivity index (χ1v) is 7.00. The highest BCUT2D eigenvalue weighted by Gasteiger charge is 2.23. The van der Waals surface area contributed by atoms with Crippen LogP contribution in [0.5, 0.6) is 0 Å². The van der Waals surface area contributed by atoms with Crippen LogP contribution in [-0.4, -0.2) is 17.6 Å². The van der Waals surface area contributed by atoms with Crippen molar-refractivity contribution in [2.45, 2.75) is 38.7 Å². The molecule has 94 valence electrons. The van der Waals surface area contributed by atoms with E-state index in [2.05, 4.69) is 5.32 Å². The molecule has 0 spiro atoms. The van der Waals surface area contributed by atoms with Gasteiger partial charge in [-0.1, -0.05) is 0 Å². The van der Waals surface area contributed by atoms with Gasteiger partial charge in [-0.15, -0.1) is 11.3 Å². The Morgan fingerprint density at radius 2 is 2.35 bits per heavy atom. The molecule has 0 aliphatic heterocycles. The quantitative estimate of drug-likeness (QED) is 0.817. The Hall–Kier alpha value is -0.870. The molecule has 1 aliphatic carbocycles. The summed E-state index contributed by atoms with van der Waals surface area (Å²) in [5.74, 6) is 0.832. The molecule has 1 saturated carbocycles. The van der Waals surface area contributed by atoms with Crippen LogP contribution in [0.3, 0.4) is 0 Å². The lowest BCUT2D eigenvalue weighted by Gasteiger charge is -2.03. The molecule has 2 N–H and O–H groups in total. The van der Waals surface area contributed by atoms with E-state index >= 15 is 0 Å². The zero-order valence-corrected chi connectivity index (χ0v) is 10.9. The standard InChI is InChI=1S/C13H19NO2S/c1-9(15)12-5-4-11(17-12)6-7-14-13(16)8-10-2-3-10/h4-5,9-10,15H,2-3,6-8H2,1H3,(H,14,16)/t9-/m1/s1. The van der Waals surface area contributed by atoms with Gasteiger partial charge in [0.05, 0.1) is 6.10 Å². The molecule has 0 saturated heterocycles. The fourth-order valence-corrected chi connectivity index (χ4v) is 2.68. The predicted molar refractivity (Wildman–Crippen MR) is 69.0 cm³/mol. The van der Waals surface area contributed by atoms with Crippen LogP contribution in [0.2, 0.25) is 0 Å². The largest absolute Gasteiger partial charge is 0.388 e. The Morgan fingerprint density at radius 3 is 2.94 bits per heavy atom. The van der Waals surface area contributed by atoms with E-state index in [1.54, 1.807) is 18.3 Å². The lowest BCUT2D eigenvalue weighted by molar-refractivity contribution is -0.121. The van der Waals surface area contributed by atoms with Crippen LogP contribution < -0.4 is 5.32 Å². The normalized spacial score (nSPS) is 16.8. The molecule has 4 heteroatoms. The van der Waals surface area contributed by atoms with Crippen molar-refractivity contribution in [3.8, 4) is 0 Å². The molecule has 1 heterocycles. The second-order valence-electron chi connectivity index (χ2n) is 4.73. The molecule has 1 atom stereocenters. The molecule has 0 aromatic carbocycles. The van der Waals surface area contributed by atoms with E-state index < -0.39 is 6.10 Å². The highest BCUT2D eigenvalue weighted by molar-refractivity contribution is 7.12. The Morgan fingerprint density at radius 1 is 1.59 bits per heavy atom. The number of amides is 1. The smallest absolute Gasteiger partial charge is 0.220 e. The summed E-state index contributed by atoms with van der Waals surface area (Å²) in [6.07, 6.45) is 3.60. The summed E-state index contributed by atoms with van der Waals surface area (Å²) >= 11 is 1.62. The fraction of sp³-hybridized carbons (Fsp3) is 0.615. The van der Waals surface area contributed by atoms with Gasteiger partial charge >= 0.3 is 0 Å². The van der Waals surface area contributed by atoms with Crippen molar-refractivity contribution in [2.75, 3.05) is 6.54 Å². The molecule has 0 bridgehead atoms. The predicted octanol–water partition coefficient (Wildman–Crippen LogP) is 2.26. The van der Waals surface area contributed by atoms with Crippen LogP contribution in [0.1, 0.15) is 42.0 Å². The number of rotatable bonds is 6. The zero-order chi connectivity index (χ0) is 12.3. The third kappa shape index (κ3) is 4.13. The maximum atomic E-state index is 11.4. The minimum absolute atomic E-state index is 0.180. The first-order valence-electron chi connectivity index (χ1n) is 6.18. The highest BCUT2D eigenvalue weighted by Crippen LogP contribution is 2.32. The summed E-state index contributed by atoms with van der Waals surface area (Å²) in [6.45, 7) is 2.47. The van der Waals surface area contributed by atoms with Crippen molar-refractivity contribution in [2.24, 2.45) is 5.92 Å². The van der Waals surface area contributed by atoms with Crippen LogP contribution in [0.4, 0.5) is 0 Å². The van der Waals surface area contributed by atoms with Gasteiger partial charge in [-0.2, -0.15) is 0 Å². The highest BCUT2D eigenvalue weighted by atomic mass is 32.1. The second kappa shape index (κ2) is 5.65. The topological polar surface area (TPSA) is 49.3 Å². The van der Waals surface area contributed by atoms with Crippen molar-refractivity contribution < 1.29 is 9.90 Å². The average molecular weight is 253 g/mol. The molecular weight excluding hydrogens is 234 g/mol. The van der Waals surface area contributed by atoms with Gasteiger partial charge in [0, 0.05) is 22.7 Å². The Bertz CT molecular complexity index is 383. The van der Waals surface area contributed by atoms with Crippen LogP contribution in [0, 0.1) is 5.92 Å². The average Bonchev–Trinajstić information content (AvgIpc) is 2.94. The first kappa shape index (κ1) is 12.6. The minimum atomic E-state index is -0.391. The summed E-state index contributed by atoms with van der Waals surface area (Å²) in [4.78, 5) is 13.7. The third-order valence-electron chi connectivity index (χ3n) is 2.96. The summed E-state index contributed by atoms with van der Waals surface area (Å²) in [5, 5.41) is 12.3. The van der Waals surface area contributed by atoms with Crippen LogP contribution in [0.15, 0.2) is 12.1 Å². The van der Waals surface area contributed by atoms with Gasteiger partial charge in [0.25, 0.3) is 0 Å². The van der Waals surface area contributed by atoms with Crippen LogP contribution in [-0.2, 0) is 11.2 Å². The molecule has 0 radical (unpaired) electrons. The van der Waals surface area contributed by atoms with Crippen molar-refractivity contribution in [1.82, 2.24) is 5.32 Å². The second-order valence-corrected chi connectivity index (χ2v) is 5.93. The number of hydrogen-bond donors (Lipinski definition) is 2. The number of hydrogen-bond acceptors (Lipinski definition) is 3. The SMILES string of the molecule is C[C@@H](O)c1ccc(CCNC(=O)CC2CC2)s1. The van der Waals surface area contributed by atoms with Crippen molar-refractivity contribution in [3.63, 3.8) is 0 Å². The number of nitrogens with one attached hydrogen (secondary N) is 1. The van der Waals surface area contributed by atoms with Gasteiger partial charge in [0.15, 0.2) is 0 Å². The molecule has 1 aliphatic rings. The van der Waals surface area contributed by atoms with Gasteiger partial charge in [0.2, 0.25) is 5.91 Å². The van der Waals surface area contributed by atoms with Gasteiger partial charge in [-0.25, -0.2) is 0 Å². The third-order valence-corrected chi connectivity index (χ3v) is 4.27. The maximum absolute atomic E-state index is 11.4. The van der Waals surface area contributed by atoms with E-state index in [0.717, 1.165) is 11.3 Å². The zero-order valence-electron chi connectivity index (χ0n) is 10.1. The maximum Gasteiger partial charge on any atom is 0.220 e. The fourth-order valence-electron chi connectivity index (χ4n) is 1.73. The van der Waals surface area contributed by atoms with E-state index in [-0.39, 0.29) is 5.91 Å². The number of carbonyl (C=O) groups is 1. The monoisotopic (exact) mass is 253 g/mol. The van der Waals surface area contributed by atoms with Crippen LogP contribution >= 0.6 is 11.3 Å². The molecule has 0 unspecified atom stereocenters. The summed E-state index contributed by atoms with van der Waals surface area (Å²) < 4.78 is 0. The van der Waals surface area contributed by atoms with E-state index in [1.165, 1.54) is 17.7 Å². The van der Waals surface area contributed by atoms with E-state index in [1.807, 2.05) is 12.1 Å². The summed E-state index contributed by atoms with van der Waals surface area (Å²) in [6, 6.07) is 3.98. The molecule has 17 heavy (non-hydrogen) atoms. The molecular formula is C13H19NO2S. The molecule has 1 aromatic rings. The lowest BCUT2D eigenvalue weighted by Crippen LogP contribution is -2.25. The Kier molecular flexibility index (Phi) is 4.18. The van der Waals surface area contributed by atoms with E-state index in [4.69, 9.17) is 0 Å². The summed E-state index contributed by atoms with van der Waals surface area (Å²) in [5.41, 5.74) is 0. The van der Waals surface area contributed by atoms with Crippen molar-refractivity contribution in [3.05, 3.63) is 21.9 Å². The van der Waals surface area contributed by atoms with Gasteiger partial charge in [0.1, 0.15) is 0 Å². The van der Waals surface area contributed by atoms with Gasteiger partial charge in [-0.05, 0) is 44.2 Å². The Labute approximate surface area is 106 Å². The molecule has 1 fully saturated rings. The van der Waals surface area contributed by atoms with E-state index in [9.17, 15) is 9.90 Å². The van der Waals surface area contributed by atoms with Crippen molar-refractivity contribution in [1.29, 1.82) is 0 Å². The van der Waals surface area contributed by atoms with E-state index in [0.29, 0.717) is 18.9 Å². The van der Waals surface area contributed by atoms with Gasteiger partial charge < -0.3 is 10.4 Å². The minimum Gasteiger partial charge on any atom is -0.388 e. The molecule has 2 rings (SSSR count). The van der Waals surface area contributed by atoms with Crippen molar-refractivity contribution >= 4 is 17.2 Å². The Balaban J connectivity index is 1.67. The number of aliphatic hydroxyl groups excluding tert-OH is 1. The van der Waals surface area contributed by atoms with Gasteiger partial charge in [-0.3, -0.25) is 4.79 Å². The molecule has 3 nitrogen and oxygen atoms in total. The lowest BCUT2D eigenvalue weighted by atomic mass is 10.2. The first-order chi connectivity index (χ1) is 8.15. The number of aliphatic hydroxyl groups is 1. The molecule has 1 aromatic heterocycles.